The van der Waals surface area contributed by atoms with Crippen molar-refractivity contribution in [3.63, 3.8) is 0 Å². The predicted octanol–water partition coefficient (Wildman–Crippen LogP) is 0.737. The van der Waals surface area contributed by atoms with E-state index in [2.05, 4.69) is 35.7 Å². The van der Waals surface area contributed by atoms with Crippen molar-refractivity contribution in [1.29, 1.82) is 0 Å². The SMILES string of the molecule is CCCN=C(N)N1CCN(C)C(CC)C1. The maximum absolute atomic E-state index is 5.95. The van der Waals surface area contributed by atoms with E-state index in [1.165, 1.54) is 6.42 Å². The number of rotatable bonds is 3. The summed E-state index contributed by atoms with van der Waals surface area (Å²) in [5, 5.41) is 0. The van der Waals surface area contributed by atoms with Gasteiger partial charge < -0.3 is 10.6 Å². The van der Waals surface area contributed by atoms with Crippen LogP contribution in [0.15, 0.2) is 4.99 Å². The van der Waals surface area contributed by atoms with Gasteiger partial charge in [0, 0.05) is 32.2 Å². The molecule has 0 aromatic carbocycles. The fourth-order valence-corrected chi connectivity index (χ4v) is 1.92. The van der Waals surface area contributed by atoms with Crippen LogP contribution in [-0.4, -0.2) is 55.0 Å². The molecule has 0 aromatic rings. The Labute approximate surface area is 93.1 Å². The molecule has 2 N–H and O–H groups in total. The number of nitrogens with zero attached hydrogens (tertiary/aromatic N) is 3. The normalized spacial score (nSPS) is 24.6. The second-order valence-electron chi connectivity index (χ2n) is 4.23. The fraction of sp³-hybridized carbons (Fsp3) is 0.909. The largest absolute Gasteiger partial charge is 0.370 e. The lowest BCUT2D eigenvalue weighted by atomic mass is 10.1. The molecule has 0 spiro atoms. The molecule has 15 heavy (non-hydrogen) atoms. The number of aliphatic imine (C=N–C) groups is 1. The van der Waals surface area contributed by atoms with Crippen LogP contribution in [0.5, 0.6) is 0 Å². The topological polar surface area (TPSA) is 44.9 Å². The molecular weight excluding hydrogens is 188 g/mol. The van der Waals surface area contributed by atoms with E-state index < -0.39 is 0 Å². The Morgan fingerprint density at radius 3 is 2.73 bits per heavy atom. The zero-order chi connectivity index (χ0) is 11.3. The molecular formula is C11H24N4. The van der Waals surface area contributed by atoms with Crippen LogP contribution in [0.2, 0.25) is 0 Å². The quantitative estimate of drug-likeness (QED) is 0.554. The summed E-state index contributed by atoms with van der Waals surface area (Å²) in [6, 6.07) is 0.620. The van der Waals surface area contributed by atoms with Gasteiger partial charge in [-0.2, -0.15) is 0 Å². The number of piperazine rings is 1. The number of likely N-dealkylation sites (N-methyl/N-ethyl adjacent to an activating group) is 1. The van der Waals surface area contributed by atoms with Crippen molar-refractivity contribution in [2.24, 2.45) is 10.7 Å². The maximum atomic E-state index is 5.95. The van der Waals surface area contributed by atoms with Crippen LogP contribution in [-0.2, 0) is 0 Å². The molecule has 1 fully saturated rings. The van der Waals surface area contributed by atoms with E-state index in [9.17, 15) is 0 Å². The molecule has 1 saturated heterocycles. The lowest BCUT2D eigenvalue weighted by Crippen LogP contribution is -2.54. The first-order valence-electron chi connectivity index (χ1n) is 5.94. The summed E-state index contributed by atoms with van der Waals surface area (Å²) in [5.41, 5.74) is 5.95. The lowest BCUT2D eigenvalue weighted by Gasteiger charge is -2.39. The summed E-state index contributed by atoms with van der Waals surface area (Å²) in [7, 11) is 2.19. The maximum Gasteiger partial charge on any atom is 0.191 e. The van der Waals surface area contributed by atoms with E-state index in [0.717, 1.165) is 38.6 Å². The monoisotopic (exact) mass is 212 g/mol. The second kappa shape index (κ2) is 5.95. The molecule has 4 nitrogen and oxygen atoms in total. The molecule has 1 aliphatic rings. The zero-order valence-electron chi connectivity index (χ0n) is 10.2. The van der Waals surface area contributed by atoms with Crippen molar-refractivity contribution in [3.05, 3.63) is 0 Å². The van der Waals surface area contributed by atoms with Crippen LogP contribution in [0.1, 0.15) is 26.7 Å². The highest BCUT2D eigenvalue weighted by atomic mass is 15.3. The Morgan fingerprint density at radius 2 is 2.13 bits per heavy atom. The molecule has 1 heterocycles. The van der Waals surface area contributed by atoms with Crippen LogP contribution >= 0.6 is 0 Å². The third-order valence-corrected chi connectivity index (χ3v) is 3.07. The van der Waals surface area contributed by atoms with E-state index in [1.54, 1.807) is 0 Å². The van der Waals surface area contributed by atoms with Crippen LogP contribution in [0.3, 0.4) is 0 Å². The Morgan fingerprint density at radius 1 is 1.40 bits per heavy atom. The molecule has 0 aromatic heterocycles. The molecule has 0 radical (unpaired) electrons. The Balaban J connectivity index is 2.50. The molecule has 4 heteroatoms. The van der Waals surface area contributed by atoms with Gasteiger partial charge in [0.05, 0.1) is 0 Å². The summed E-state index contributed by atoms with van der Waals surface area (Å²) >= 11 is 0. The molecule has 88 valence electrons. The smallest absolute Gasteiger partial charge is 0.191 e. The van der Waals surface area contributed by atoms with Gasteiger partial charge in [-0.15, -0.1) is 0 Å². The average Bonchev–Trinajstić information content (AvgIpc) is 2.26. The number of hydrogen-bond donors (Lipinski definition) is 1. The van der Waals surface area contributed by atoms with Gasteiger partial charge in [0.15, 0.2) is 5.96 Å². The first-order chi connectivity index (χ1) is 7.19. The lowest BCUT2D eigenvalue weighted by molar-refractivity contribution is 0.136. The molecule has 1 rings (SSSR count). The molecule has 0 saturated carbocycles. The van der Waals surface area contributed by atoms with E-state index in [0.29, 0.717) is 6.04 Å². The Bertz CT molecular complexity index is 215. The van der Waals surface area contributed by atoms with E-state index >= 15 is 0 Å². The van der Waals surface area contributed by atoms with E-state index in [4.69, 9.17) is 5.73 Å². The van der Waals surface area contributed by atoms with Crippen molar-refractivity contribution in [2.75, 3.05) is 33.2 Å². The third kappa shape index (κ3) is 3.38. The van der Waals surface area contributed by atoms with Crippen molar-refractivity contribution < 1.29 is 0 Å². The average molecular weight is 212 g/mol. The van der Waals surface area contributed by atoms with E-state index in [-0.39, 0.29) is 0 Å². The zero-order valence-corrected chi connectivity index (χ0v) is 10.2. The molecule has 1 aliphatic heterocycles. The molecule has 0 aliphatic carbocycles. The van der Waals surface area contributed by atoms with Gasteiger partial charge in [0.25, 0.3) is 0 Å². The van der Waals surface area contributed by atoms with Gasteiger partial charge in [-0.25, -0.2) is 0 Å². The third-order valence-electron chi connectivity index (χ3n) is 3.07. The van der Waals surface area contributed by atoms with Crippen molar-refractivity contribution in [1.82, 2.24) is 9.80 Å². The van der Waals surface area contributed by atoms with Crippen LogP contribution in [0, 0.1) is 0 Å². The highest BCUT2D eigenvalue weighted by Crippen LogP contribution is 2.10. The Hall–Kier alpha value is -0.770. The number of guanidine groups is 1. The number of nitrogens with two attached hydrogens (primary N) is 1. The van der Waals surface area contributed by atoms with Gasteiger partial charge in [0.2, 0.25) is 0 Å². The summed E-state index contributed by atoms with van der Waals surface area (Å²) in [6.07, 6.45) is 2.24. The molecule has 1 atom stereocenters. The highest BCUT2D eigenvalue weighted by Gasteiger charge is 2.23. The van der Waals surface area contributed by atoms with Crippen LogP contribution < -0.4 is 5.73 Å². The van der Waals surface area contributed by atoms with Crippen LogP contribution in [0.4, 0.5) is 0 Å². The van der Waals surface area contributed by atoms with Crippen LogP contribution in [0.25, 0.3) is 0 Å². The minimum absolute atomic E-state index is 0.620. The minimum Gasteiger partial charge on any atom is -0.370 e. The molecule has 0 amide bonds. The first-order valence-corrected chi connectivity index (χ1v) is 5.94. The second-order valence-corrected chi connectivity index (χ2v) is 4.23. The number of hydrogen-bond acceptors (Lipinski definition) is 2. The summed E-state index contributed by atoms with van der Waals surface area (Å²) in [6.45, 7) is 8.30. The molecule has 1 unspecified atom stereocenters. The predicted molar refractivity (Wildman–Crippen MR) is 65.1 cm³/mol. The highest BCUT2D eigenvalue weighted by molar-refractivity contribution is 5.78. The summed E-state index contributed by atoms with van der Waals surface area (Å²) in [5.74, 6) is 0.725. The van der Waals surface area contributed by atoms with Gasteiger partial charge >= 0.3 is 0 Å². The van der Waals surface area contributed by atoms with Gasteiger partial charge in [-0.3, -0.25) is 9.89 Å². The fourth-order valence-electron chi connectivity index (χ4n) is 1.92. The van der Waals surface area contributed by atoms with Gasteiger partial charge in [0.1, 0.15) is 0 Å². The van der Waals surface area contributed by atoms with Gasteiger partial charge in [-0.1, -0.05) is 13.8 Å². The van der Waals surface area contributed by atoms with Gasteiger partial charge in [-0.05, 0) is 19.9 Å². The van der Waals surface area contributed by atoms with E-state index in [1.807, 2.05) is 0 Å². The first kappa shape index (κ1) is 12.3. The molecule has 0 bridgehead atoms. The van der Waals surface area contributed by atoms with Crippen molar-refractivity contribution in [2.45, 2.75) is 32.7 Å². The Kier molecular flexibility index (Phi) is 4.88. The van der Waals surface area contributed by atoms with Crippen molar-refractivity contribution >= 4 is 5.96 Å². The minimum atomic E-state index is 0.620. The summed E-state index contributed by atoms with van der Waals surface area (Å²) in [4.78, 5) is 8.98. The summed E-state index contributed by atoms with van der Waals surface area (Å²) < 4.78 is 0. The van der Waals surface area contributed by atoms with Crippen molar-refractivity contribution in [3.8, 4) is 0 Å². The standard InChI is InChI=1S/C11H24N4/c1-4-6-13-11(12)15-8-7-14(3)10(5-2)9-15/h10H,4-9H2,1-3H3,(H2,12,13).